The summed E-state index contributed by atoms with van der Waals surface area (Å²) in [6.07, 6.45) is 2.22. The number of hydrogen-bond acceptors (Lipinski definition) is 4. The van der Waals surface area contributed by atoms with Gasteiger partial charge in [0.25, 0.3) is 5.91 Å². The van der Waals surface area contributed by atoms with Crippen molar-refractivity contribution < 1.29 is 9.53 Å². The Hall–Kier alpha value is -1.36. The topological polar surface area (TPSA) is 64.3 Å². The van der Waals surface area contributed by atoms with Crippen molar-refractivity contribution in [1.82, 2.24) is 5.32 Å². The van der Waals surface area contributed by atoms with E-state index in [9.17, 15) is 4.79 Å². The van der Waals surface area contributed by atoms with Crippen LogP contribution in [-0.4, -0.2) is 30.1 Å². The third kappa shape index (κ3) is 4.06. The highest BCUT2D eigenvalue weighted by atomic mass is 32.2. The largest absolute Gasteiger partial charge is 0.494 e. The van der Waals surface area contributed by atoms with Crippen LogP contribution in [-0.2, 0) is 0 Å². The first-order valence-electron chi connectivity index (χ1n) is 6.61. The van der Waals surface area contributed by atoms with Gasteiger partial charge < -0.3 is 15.8 Å². The Balaban J connectivity index is 2.05. The molecule has 0 bridgehead atoms. The van der Waals surface area contributed by atoms with Crippen molar-refractivity contribution in [3.05, 3.63) is 23.8 Å². The molecule has 2 rings (SSSR count). The standard InChI is InChI=1S/C14H20N2O2S/c1-2-18-13-7-10(6-11(15)8-13)14(17)16-12-4-3-5-19-9-12/h6-8,12H,2-5,9,15H2,1H3,(H,16,17). The third-order valence-electron chi connectivity index (χ3n) is 3.00. The van der Waals surface area contributed by atoms with E-state index in [0.29, 0.717) is 23.6 Å². The van der Waals surface area contributed by atoms with E-state index in [1.807, 2.05) is 18.7 Å². The summed E-state index contributed by atoms with van der Waals surface area (Å²) in [6.45, 7) is 2.46. The number of nitrogens with two attached hydrogens (primary N) is 1. The molecule has 0 radical (unpaired) electrons. The summed E-state index contributed by atoms with van der Waals surface area (Å²) in [4.78, 5) is 12.2. The fraction of sp³-hybridized carbons (Fsp3) is 0.500. The number of thioether (sulfide) groups is 1. The van der Waals surface area contributed by atoms with Crippen molar-refractivity contribution in [2.24, 2.45) is 0 Å². The molecule has 1 aliphatic heterocycles. The van der Waals surface area contributed by atoms with Crippen LogP contribution >= 0.6 is 11.8 Å². The summed E-state index contributed by atoms with van der Waals surface area (Å²) in [6, 6.07) is 5.43. The predicted octanol–water partition coefficient (Wildman–Crippen LogP) is 2.29. The van der Waals surface area contributed by atoms with E-state index in [0.717, 1.165) is 18.6 Å². The summed E-state index contributed by atoms with van der Waals surface area (Å²) >= 11 is 1.89. The molecule has 1 heterocycles. The van der Waals surface area contributed by atoms with Gasteiger partial charge in [0.1, 0.15) is 5.75 Å². The molecule has 1 unspecified atom stereocenters. The van der Waals surface area contributed by atoms with Gasteiger partial charge in [0, 0.05) is 29.1 Å². The van der Waals surface area contributed by atoms with E-state index in [-0.39, 0.29) is 11.9 Å². The zero-order valence-electron chi connectivity index (χ0n) is 11.1. The Kier molecular flexibility index (Phi) is 4.96. The Labute approximate surface area is 118 Å². The zero-order valence-corrected chi connectivity index (χ0v) is 12.0. The van der Waals surface area contributed by atoms with Gasteiger partial charge in [-0.25, -0.2) is 0 Å². The highest BCUT2D eigenvalue weighted by molar-refractivity contribution is 7.99. The summed E-state index contributed by atoms with van der Waals surface area (Å²) in [5.74, 6) is 2.76. The molecule has 3 N–H and O–H groups in total. The second kappa shape index (κ2) is 6.70. The summed E-state index contributed by atoms with van der Waals surface area (Å²) < 4.78 is 5.40. The number of amides is 1. The molecule has 104 valence electrons. The maximum Gasteiger partial charge on any atom is 0.251 e. The lowest BCUT2D eigenvalue weighted by Gasteiger charge is -2.22. The molecule has 0 saturated carbocycles. The number of carbonyl (C=O) groups is 1. The quantitative estimate of drug-likeness (QED) is 0.831. The number of ether oxygens (including phenoxy) is 1. The minimum absolute atomic E-state index is 0.0687. The van der Waals surface area contributed by atoms with E-state index in [1.165, 1.54) is 5.75 Å². The van der Waals surface area contributed by atoms with Crippen molar-refractivity contribution in [3.8, 4) is 5.75 Å². The lowest BCUT2D eigenvalue weighted by molar-refractivity contribution is 0.0938. The fourth-order valence-electron chi connectivity index (χ4n) is 2.13. The molecule has 0 aliphatic carbocycles. The van der Waals surface area contributed by atoms with Crippen LogP contribution in [0.15, 0.2) is 18.2 Å². The van der Waals surface area contributed by atoms with E-state index >= 15 is 0 Å². The van der Waals surface area contributed by atoms with E-state index in [2.05, 4.69) is 5.32 Å². The van der Waals surface area contributed by atoms with E-state index < -0.39 is 0 Å². The van der Waals surface area contributed by atoms with Gasteiger partial charge in [-0.3, -0.25) is 4.79 Å². The van der Waals surface area contributed by atoms with Crippen LogP contribution in [0.5, 0.6) is 5.75 Å². The van der Waals surface area contributed by atoms with Gasteiger partial charge in [0.05, 0.1) is 6.61 Å². The van der Waals surface area contributed by atoms with Crippen molar-refractivity contribution in [3.63, 3.8) is 0 Å². The SMILES string of the molecule is CCOc1cc(N)cc(C(=O)NC2CCCSC2)c1. The lowest BCUT2D eigenvalue weighted by Crippen LogP contribution is -2.38. The molecule has 1 fully saturated rings. The number of nitrogens with one attached hydrogen (secondary N) is 1. The van der Waals surface area contributed by atoms with Gasteiger partial charge in [-0.1, -0.05) is 0 Å². The second-order valence-corrected chi connectivity index (χ2v) is 5.76. The monoisotopic (exact) mass is 280 g/mol. The molecule has 5 heteroatoms. The summed E-state index contributed by atoms with van der Waals surface area (Å²) in [5.41, 5.74) is 6.92. The van der Waals surface area contributed by atoms with Crippen molar-refractivity contribution in [2.45, 2.75) is 25.8 Å². The molecular weight excluding hydrogens is 260 g/mol. The van der Waals surface area contributed by atoms with Gasteiger partial charge in [0.2, 0.25) is 0 Å². The zero-order chi connectivity index (χ0) is 13.7. The number of anilines is 1. The highest BCUT2D eigenvalue weighted by Gasteiger charge is 2.17. The summed E-state index contributed by atoms with van der Waals surface area (Å²) in [5, 5.41) is 3.06. The van der Waals surface area contributed by atoms with Crippen LogP contribution in [0.2, 0.25) is 0 Å². The average molecular weight is 280 g/mol. The van der Waals surface area contributed by atoms with Gasteiger partial charge in [-0.05, 0) is 37.7 Å². The fourth-order valence-corrected chi connectivity index (χ4v) is 3.20. The van der Waals surface area contributed by atoms with Gasteiger partial charge in [-0.15, -0.1) is 0 Å². The highest BCUT2D eigenvalue weighted by Crippen LogP contribution is 2.21. The molecule has 1 aromatic carbocycles. The maximum absolute atomic E-state index is 12.2. The van der Waals surface area contributed by atoms with Crippen LogP contribution in [0.25, 0.3) is 0 Å². The van der Waals surface area contributed by atoms with E-state index in [4.69, 9.17) is 10.5 Å². The smallest absolute Gasteiger partial charge is 0.251 e. The number of rotatable bonds is 4. The first-order valence-corrected chi connectivity index (χ1v) is 7.76. The Morgan fingerprint density at radius 2 is 2.37 bits per heavy atom. The van der Waals surface area contributed by atoms with Crippen molar-refractivity contribution in [1.29, 1.82) is 0 Å². The number of nitrogen functional groups attached to an aromatic ring is 1. The molecule has 1 atom stereocenters. The molecule has 0 spiro atoms. The number of hydrogen-bond donors (Lipinski definition) is 2. The van der Waals surface area contributed by atoms with Gasteiger partial charge in [0.15, 0.2) is 0 Å². The lowest BCUT2D eigenvalue weighted by atomic mass is 10.1. The maximum atomic E-state index is 12.2. The average Bonchev–Trinajstić information content (AvgIpc) is 2.39. The number of benzene rings is 1. The normalized spacial score (nSPS) is 18.9. The predicted molar refractivity (Wildman–Crippen MR) is 79.8 cm³/mol. The number of carbonyl (C=O) groups excluding carboxylic acids is 1. The first-order chi connectivity index (χ1) is 9.19. The third-order valence-corrected chi connectivity index (χ3v) is 4.21. The van der Waals surface area contributed by atoms with Crippen LogP contribution in [0.3, 0.4) is 0 Å². The summed E-state index contributed by atoms with van der Waals surface area (Å²) in [7, 11) is 0. The van der Waals surface area contributed by atoms with Crippen molar-refractivity contribution in [2.75, 3.05) is 23.8 Å². The minimum Gasteiger partial charge on any atom is -0.494 e. The molecule has 1 aromatic rings. The minimum atomic E-state index is -0.0687. The van der Waals surface area contributed by atoms with Crippen LogP contribution in [0, 0.1) is 0 Å². The second-order valence-electron chi connectivity index (χ2n) is 4.61. The molecule has 19 heavy (non-hydrogen) atoms. The molecule has 0 aromatic heterocycles. The molecule has 1 amide bonds. The van der Waals surface area contributed by atoms with Gasteiger partial charge in [-0.2, -0.15) is 11.8 Å². The van der Waals surface area contributed by atoms with Crippen LogP contribution < -0.4 is 15.8 Å². The Morgan fingerprint density at radius 1 is 1.53 bits per heavy atom. The Morgan fingerprint density at radius 3 is 3.05 bits per heavy atom. The molecular formula is C14H20N2O2S. The van der Waals surface area contributed by atoms with E-state index in [1.54, 1.807) is 18.2 Å². The van der Waals surface area contributed by atoms with Crippen LogP contribution in [0.4, 0.5) is 5.69 Å². The van der Waals surface area contributed by atoms with Crippen LogP contribution in [0.1, 0.15) is 30.1 Å². The van der Waals surface area contributed by atoms with Gasteiger partial charge >= 0.3 is 0 Å². The Bertz CT molecular complexity index is 445. The molecule has 1 aliphatic rings. The van der Waals surface area contributed by atoms with Crippen molar-refractivity contribution >= 4 is 23.4 Å². The first kappa shape index (κ1) is 14.1. The molecule has 1 saturated heterocycles. The molecule has 4 nitrogen and oxygen atoms in total.